The quantitative estimate of drug-likeness (QED) is 0.756. The molecule has 1 aromatic rings. The molecular formula is C12H19N3O2S. The summed E-state index contributed by atoms with van der Waals surface area (Å²) in [4.78, 5) is 14.7. The molecule has 5 nitrogen and oxygen atoms in total. The van der Waals surface area contributed by atoms with E-state index in [1.807, 2.05) is 20.8 Å². The Labute approximate surface area is 111 Å². The largest absolute Gasteiger partial charge is 0.444 e. The van der Waals surface area contributed by atoms with Gasteiger partial charge in [-0.15, -0.1) is 11.3 Å². The highest BCUT2D eigenvalue weighted by Crippen LogP contribution is 2.37. The molecule has 0 bridgehead atoms. The number of thiophene rings is 1. The van der Waals surface area contributed by atoms with E-state index in [1.165, 1.54) is 11.3 Å². The molecule has 0 saturated carbocycles. The van der Waals surface area contributed by atoms with Gasteiger partial charge in [0.25, 0.3) is 0 Å². The molecule has 0 aliphatic carbocycles. The second kappa shape index (κ2) is 4.35. The van der Waals surface area contributed by atoms with Crippen LogP contribution in [0.25, 0.3) is 0 Å². The summed E-state index contributed by atoms with van der Waals surface area (Å²) in [7, 11) is 0. The Morgan fingerprint density at radius 3 is 2.67 bits per heavy atom. The summed E-state index contributed by atoms with van der Waals surface area (Å²) in [5, 5.41) is 0.644. The third kappa shape index (κ3) is 2.53. The van der Waals surface area contributed by atoms with E-state index in [4.69, 9.17) is 16.2 Å². The van der Waals surface area contributed by atoms with Crippen molar-refractivity contribution in [2.75, 3.05) is 18.0 Å². The van der Waals surface area contributed by atoms with Crippen molar-refractivity contribution >= 4 is 28.1 Å². The molecule has 2 heterocycles. The van der Waals surface area contributed by atoms with Crippen LogP contribution >= 0.6 is 11.3 Å². The number of hydrogen-bond donors (Lipinski definition) is 2. The van der Waals surface area contributed by atoms with Gasteiger partial charge in [-0.2, -0.15) is 0 Å². The van der Waals surface area contributed by atoms with Gasteiger partial charge in [-0.3, -0.25) is 0 Å². The van der Waals surface area contributed by atoms with E-state index in [9.17, 15) is 4.79 Å². The minimum Gasteiger partial charge on any atom is -0.444 e. The van der Waals surface area contributed by atoms with Crippen molar-refractivity contribution in [1.82, 2.24) is 4.90 Å². The van der Waals surface area contributed by atoms with Crippen molar-refractivity contribution in [3.8, 4) is 0 Å². The van der Waals surface area contributed by atoms with Crippen LogP contribution in [0.5, 0.6) is 0 Å². The van der Waals surface area contributed by atoms with Gasteiger partial charge in [-0.1, -0.05) is 0 Å². The van der Waals surface area contributed by atoms with E-state index >= 15 is 0 Å². The topological polar surface area (TPSA) is 81.6 Å². The van der Waals surface area contributed by atoms with Crippen LogP contribution < -0.4 is 11.5 Å². The summed E-state index contributed by atoms with van der Waals surface area (Å²) in [6, 6.07) is 0. The number of anilines is 2. The van der Waals surface area contributed by atoms with Gasteiger partial charge in [0.15, 0.2) is 0 Å². The highest BCUT2D eigenvalue weighted by molar-refractivity contribution is 7.16. The van der Waals surface area contributed by atoms with Gasteiger partial charge in [-0.25, -0.2) is 4.79 Å². The van der Waals surface area contributed by atoms with Gasteiger partial charge >= 0.3 is 6.09 Å². The monoisotopic (exact) mass is 269 g/mol. The molecule has 18 heavy (non-hydrogen) atoms. The molecule has 6 heteroatoms. The zero-order valence-electron chi connectivity index (χ0n) is 10.9. The number of fused-ring (bicyclic) bond motifs is 1. The van der Waals surface area contributed by atoms with Crippen LogP contribution in [0, 0.1) is 0 Å². The Morgan fingerprint density at radius 2 is 2.06 bits per heavy atom. The number of carbonyl (C=O) groups is 1. The van der Waals surface area contributed by atoms with Crippen molar-refractivity contribution < 1.29 is 9.53 Å². The fraction of sp³-hybridized carbons (Fsp3) is 0.583. The van der Waals surface area contributed by atoms with Crippen LogP contribution in [0.3, 0.4) is 0 Å². The van der Waals surface area contributed by atoms with Crippen LogP contribution in [-0.2, 0) is 17.7 Å². The van der Waals surface area contributed by atoms with Gasteiger partial charge in [0.05, 0.1) is 12.2 Å². The number of carbonyl (C=O) groups excluding carboxylic acids is 1. The molecular weight excluding hydrogens is 250 g/mol. The Bertz CT molecular complexity index is 476. The van der Waals surface area contributed by atoms with E-state index in [0.29, 0.717) is 23.8 Å². The Hall–Kier alpha value is -1.43. The molecule has 0 aromatic carbocycles. The van der Waals surface area contributed by atoms with Crippen LogP contribution in [0.2, 0.25) is 0 Å². The van der Waals surface area contributed by atoms with E-state index in [0.717, 1.165) is 16.9 Å². The smallest absolute Gasteiger partial charge is 0.410 e. The van der Waals surface area contributed by atoms with Crippen molar-refractivity contribution in [3.05, 3.63) is 10.4 Å². The maximum absolute atomic E-state index is 12.0. The number of nitrogen functional groups attached to an aromatic ring is 2. The molecule has 0 spiro atoms. The fourth-order valence-corrected chi connectivity index (χ4v) is 2.99. The molecule has 1 amide bonds. The summed E-state index contributed by atoms with van der Waals surface area (Å²) in [6.07, 6.45) is 0.465. The molecule has 0 radical (unpaired) electrons. The van der Waals surface area contributed by atoms with Gasteiger partial charge in [0.2, 0.25) is 0 Å². The first-order valence-electron chi connectivity index (χ1n) is 5.91. The van der Waals surface area contributed by atoms with Crippen LogP contribution in [0.15, 0.2) is 0 Å². The molecule has 100 valence electrons. The lowest BCUT2D eigenvalue weighted by atomic mass is 10.1. The molecule has 1 aliphatic rings. The van der Waals surface area contributed by atoms with E-state index in [-0.39, 0.29) is 6.09 Å². The number of hydrogen-bond acceptors (Lipinski definition) is 5. The highest BCUT2D eigenvalue weighted by Gasteiger charge is 2.28. The van der Waals surface area contributed by atoms with Crippen molar-refractivity contribution in [3.63, 3.8) is 0 Å². The molecule has 4 N–H and O–H groups in total. The molecule has 0 fully saturated rings. The fourth-order valence-electron chi connectivity index (χ4n) is 1.93. The normalized spacial score (nSPS) is 15.4. The Kier molecular flexibility index (Phi) is 3.14. The average Bonchev–Trinajstić information content (AvgIpc) is 2.52. The van der Waals surface area contributed by atoms with Gasteiger partial charge in [0.1, 0.15) is 10.6 Å². The maximum atomic E-state index is 12.0. The zero-order valence-corrected chi connectivity index (χ0v) is 11.8. The number of amides is 1. The second-order valence-electron chi connectivity index (χ2n) is 5.43. The number of nitrogens with zero attached hydrogens (tertiary/aromatic N) is 1. The molecule has 0 saturated heterocycles. The SMILES string of the molecule is CC(C)(C)OC(=O)N1CCc2c(sc(N)c2N)C1. The van der Waals surface area contributed by atoms with Gasteiger partial charge < -0.3 is 21.1 Å². The predicted octanol–water partition coefficient (Wildman–Crippen LogP) is 2.21. The van der Waals surface area contributed by atoms with Crippen LogP contribution in [-0.4, -0.2) is 23.1 Å². The number of ether oxygens (including phenoxy) is 1. The summed E-state index contributed by atoms with van der Waals surface area (Å²) in [5.41, 5.74) is 13.0. The molecule has 1 aliphatic heterocycles. The van der Waals surface area contributed by atoms with Gasteiger partial charge in [0, 0.05) is 11.4 Å². The summed E-state index contributed by atoms with van der Waals surface area (Å²) < 4.78 is 5.36. The lowest BCUT2D eigenvalue weighted by Gasteiger charge is -2.30. The van der Waals surface area contributed by atoms with Crippen LogP contribution in [0.1, 0.15) is 31.2 Å². The lowest BCUT2D eigenvalue weighted by Crippen LogP contribution is -2.39. The molecule has 2 rings (SSSR count). The van der Waals surface area contributed by atoms with Crippen molar-refractivity contribution in [2.45, 2.75) is 39.3 Å². The highest BCUT2D eigenvalue weighted by atomic mass is 32.1. The third-order valence-electron chi connectivity index (χ3n) is 2.78. The first kappa shape index (κ1) is 13.0. The molecule has 1 aromatic heterocycles. The molecule has 0 atom stereocenters. The summed E-state index contributed by atoms with van der Waals surface area (Å²) in [5.74, 6) is 0. The number of rotatable bonds is 0. The zero-order chi connectivity index (χ0) is 13.5. The summed E-state index contributed by atoms with van der Waals surface area (Å²) >= 11 is 1.46. The minimum absolute atomic E-state index is 0.279. The number of nitrogens with two attached hydrogens (primary N) is 2. The minimum atomic E-state index is -0.467. The standard InChI is InChI=1S/C12H19N3O2S/c1-12(2,3)17-11(16)15-5-4-7-8(6-15)18-10(14)9(7)13/h4-6,13-14H2,1-3H3. The second-order valence-corrected chi connectivity index (χ2v) is 6.57. The molecule has 0 unspecified atom stereocenters. The van der Waals surface area contributed by atoms with E-state index in [1.54, 1.807) is 4.90 Å². The van der Waals surface area contributed by atoms with Crippen molar-refractivity contribution in [2.24, 2.45) is 0 Å². The summed E-state index contributed by atoms with van der Waals surface area (Å²) in [6.45, 7) is 6.75. The predicted molar refractivity (Wildman–Crippen MR) is 73.5 cm³/mol. The maximum Gasteiger partial charge on any atom is 0.410 e. The first-order valence-corrected chi connectivity index (χ1v) is 6.73. The van der Waals surface area contributed by atoms with E-state index in [2.05, 4.69) is 0 Å². The third-order valence-corrected chi connectivity index (χ3v) is 3.84. The van der Waals surface area contributed by atoms with E-state index < -0.39 is 5.60 Å². The van der Waals surface area contributed by atoms with Crippen LogP contribution in [0.4, 0.5) is 15.5 Å². The first-order chi connectivity index (χ1) is 8.28. The Morgan fingerprint density at radius 1 is 1.39 bits per heavy atom. The van der Waals surface area contributed by atoms with Gasteiger partial charge in [-0.05, 0) is 32.8 Å². The van der Waals surface area contributed by atoms with Crippen molar-refractivity contribution in [1.29, 1.82) is 0 Å². The Balaban J connectivity index is 2.10. The lowest BCUT2D eigenvalue weighted by molar-refractivity contribution is 0.0227. The average molecular weight is 269 g/mol.